The third kappa shape index (κ3) is 5.81. The average Bonchev–Trinajstić information content (AvgIpc) is 3.41. The molecule has 1 N–H and O–H groups in total. The summed E-state index contributed by atoms with van der Waals surface area (Å²) < 4.78 is 44.1. The van der Waals surface area contributed by atoms with Crippen molar-refractivity contribution in [3.63, 3.8) is 0 Å². The lowest BCUT2D eigenvalue weighted by molar-refractivity contribution is 0.324. The monoisotopic (exact) mass is 588 g/mol. The van der Waals surface area contributed by atoms with Crippen molar-refractivity contribution in [3.8, 4) is 44.6 Å². The second kappa shape index (κ2) is 11.9. The molecule has 0 bridgehead atoms. The first-order valence-corrected chi connectivity index (χ1v) is 14.5. The van der Waals surface area contributed by atoms with Crippen LogP contribution < -0.4 is 18.9 Å². The fourth-order valence-corrected chi connectivity index (χ4v) is 7.02. The summed E-state index contributed by atoms with van der Waals surface area (Å²) in [5.41, 5.74) is 2.06. The fourth-order valence-electron chi connectivity index (χ4n) is 3.55. The Labute approximate surface area is 233 Å². The molecule has 0 amide bonds. The summed E-state index contributed by atoms with van der Waals surface area (Å²) >= 11 is 9.13. The molecular weight excluding hydrogens is 568 g/mol. The summed E-state index contributed by atoms with van der Waals surface area (Å²) in [6.07, 6.45) is 1.50. The van der Waals surface area contributed by atoms with Gasteiger partial charge < -0.3 is 14.2 Å². The maximum Gasteiger partial charge on any atom is 0.271 e. The molecule has 0 aliphatic heterocycles. The van der Waals surface area contributed by atoms with Gasteiger partial charge in [-0.3, -0.25) is 0 Å². The Morgan fingerprint density at radius 3 is 2.26 bits per heavy atom. The van der Waals surface area contributed by atoms with Crippen LogP contribution in [-0.2, 0) is 15.8 Å². The second-order valence-electron chi connectivity index (χ2n) is 7.60. The lowest BCUT2D eigenvalue weighted by Gasteiger charge is -2.15. The minimum atomic E-state index is -4.18. The molecule has 0 fully saturated rings. The predicted octanol–water partition coefficient (Wildman–Crippen LogP) is 5.60. The number of ether oxygens (including phenoxy) is 3. The Kier molecular flexibility index (Phi) is 8.63. The van der Waals surface area contributed by atoms with Gasteiger partial charge >= 0.3 is 0 Å². The van der Waals surface area contributed by atoms with Gasteiger partial charge in [-0.15, -0.1) is 22.0 Å². The number of methoxy groups -OCH3 is 3. The Morgan fingerprint density at radius 1 is 1.00 bits per heavy atom. The standard InChI is InChI=1S/C25H21ClN4O5S3/c1-33-19-9-15(10-20(34-2)23(19)35-3)13-36-21-12-18(26)17(11-22(21)38(31,32)28-14-27)25-30-29-24(37-25)16-7-5-4-6-8-16/h4-12,28H,13H2,1-3H3. The van der Waals surface area contributed by atoms with E-state index in [9.17, 15) is 8.42 Å². The number of hydrogen-bond donors (Lipinski definition) is 1. The molecule has 4 rings (SSSR count). The molecule has 0 radical (unpaired) electrons. The third-order valence-electron chi connectivity index (χ3n) is 5.30. The molecule has 196 valence electrons. The Morgan fingerprint density at radius 2 is 1.66 bits per heavy atom. The molecule has 4 aromatic rings. The van der Waals surface area contributed by atoms with Crippen molar-refractivity contribution >= 4 is 44.7 Å². The molecule has 1 aromatic heterocycles. The lowest BCUT2D eigenvalue weighted by atomic mass is 10.2. The van der Waals surface area contributed by atoms with Crippen molar-refractivity contribution in [1.29, 1.82) is 5.26 Å². The number of aromatic nitrogens is 2. The van der Waals surface area contributed by atoms with Gasteiger partial charge in [-0.1, -0.05) is 53.3 Å². The van der Waals surface area contributed by atoms with Gasteiger partial charge in [0.25, 0.3) is 10.0 Å². The smallest absolute Gasteiger partial charge is 0.271 e. The molecule has 3 aromatic carbocycles. The van der Waals surface area contributed by atoms with E-state index in [2.05, 4.69) is 10.2 Å². The SMILES string of the molecule is COc1cc(CSc2cc(Cl)c(-c3nnc(-c4ccccc4)s3)cc2S(=O)(=O)NC#N)cc(OC)c1OC. The Hall–Kier alpha value is -3.50. The van der Waals surface area contributed by atoms with E-state index >= 15 is 0 Å². The molecule has 0 atom stereocenters. The van der Waals surface area contributed by atoms with Crippen LogP contribution in [0.1, 0.15) is 5.56 Å². The molecule has 13 heteroatoms. The van der Waals surface area contributed by atoms with Gasteiger partial charge in [0.15, 0.2) is 17.7 Å². The van der Waals surface area contributed by atoms with Gasteiger partial charge in [0.05, 0.1) is 26.4 Å². The summed E-state index contributed by atoms with van der Waals surface area (Å²) in [4.78, 5) is 0.246. The van der Waals surface area contributed by atoms with Crippen LogP contribution >= 0.6 is 34.7 Å². The van der Waals surface area contributed by atoms with Crippen molar-refractivity contribution in [1.82, 2.24) is 14.9 Å². The van der Waals surface area contributed by atoms with Gasteiger partial charge in [0, 0.05) is 21.8 Å². The van der Waals surface area contributed by atoms with Crippen molar-refractivity contribution < 1.29 is 22.6 Å². The van der Waals surface area contributed by atoms with Crippen LogP contribution in [0.15, 0.2) is 64.4 Å². The fraction of sp³-hybridized carbons (Fsp3) is 0.160. The molecular formula is C25H21ClN4O5S3. The molecule has 0 spiro atoms. The number of nitrogens with zero attached hydrogens (tertiary/aromatic N) is 3. The Bertz CT molecular complexity index is 1580. The van der Waals surface area contributed by atoms with E-state index in [0.717, 1.165) is 11.1 Å². The molecule has 9 nitrogen and oxygen atoms in total. The largest absolute Gasteiger partial charge is 0.493 e. The zero-order valence-electron chi connectivity index (χ0n) is 20.4. The summed E-state index contributed by atoms with van der Waals surface area (Å²) in [6.45, 7) is 0. The predicted molar refractivity (Wildman–Crippen MR) is 147 cm³/mol. The van der Waals surface area contributed by atoms with Crippen molar-refractivity contribution in [2.45, 2.75) is 15.5 Å². The summed E-state index contributed by atoms with van der Waals surface area (Å²) in [6, 6.07) is 16.0. The van der Waals surface area contributed by atoms with Gasteiger partial charge in [0.2, 0.25) is 5.75 Å². The number of benzene rings is 3. The van der Waals surface area contributed by atoms with Gasteiger partial charge in [-0.25, -0.2) is 13.1 Å². The molecule has 38 heavy (non-hydrogen) atoms. The molecule has 1 heterocycles. The molecule has 0 unspecified atom stereocenters. The topological polar surface area (TPSA) is 123 Å². The Balaban J connectivity index is 1.73. The third-order valence-corrected chi connectivity index (χ3v) is 9.15. The molecule has 0 aliphatic carbocycles. The van der Waals surface area contributed by atoms with Crippen LogP contribution in [0.5, 0.6) is 17.2 Å². The molecule has 0 saturated heterocycles. The highest BCUT2D eigenvalue weighted by Crippen LogP contribution is 2.42. The second-order valence-corrected chi connectivity index (χ2v) is 11.6. The normalized spacial score (nSPS) is 11.0. The van der Waals surface area contributed by atoms with E-state index in [1.54, 1.807) is 18.2 Å². The number of nitriles is 1. The van der Waals surface area contributed by atoms with Crippen LogP contribution in [-0.4, -0.2) is 39.9 Å². The quantitative estimate of drug-likeness (QED) is 0.143. The number of halogens is 1. The molecule has 0 aliphatic rings. The lowest BCUT2D eigenvalue weighted by Crippen LogP contribution is -2.19. The first-order chi connectivity index (χ1) is 18.3. The van der Waals surface area contributed by atoms with Crippen LogP contribution in [0.3, 0.4) is 0 Å². The highest BCUT2D eigenvalue weighted by atomic mass is 35.5. The van der Waals surface area contributed by atoms with Crippen molar-refractivity contribution in [3.05, 3.63) is 65.2 Å². The van der Waals surface area contributed by atoms with Gasteiger partial charge in [-0.05, 0) is 29.8 Å². The van der Waals surface area contributed by atoms with E-state index in [-0.39, 0.29) is 4.90 Å². The first-order valence-electron chi connectivity index (χ1n) is 10.9. The van der Waals surface area contributed by atoms with Crippen molar-refractivity contribution in [2.24, 2.45) is 0 Å². The minimum absolute atomic E-state index is 0.104. The number of nitrogens with one attached hydrogen (secondary N) is 1. The summed E-state index contributed by atoms with van der Waals surface area (Å²) in [5, 5.41) is 18.9. The van der Waals surface area contributed by atoms with Gasteiger partial charge in [-0.2, -0.15) is 5.26 Å². The van der Waals surface area contributed by atoms with Crippen LogP contribution in [0.25, 0.3) is 21.1 Å². The van der Waals surface area contributed by atoms with Crippen LogP contribution in [0.4, 0.5) is 0 Å². The first kappa shape index (κ1) is 27.5. The summed E-state index contributed by atoms with van der Waals surface area (Å²) in [7, 11) is 0.366. The summed E-state index contributed by atoms with van der Waals surface area (Å²) in [5.74, 6) is 1.74. The average molecular weight is 589 g/mol. The highest BCUT2D eigenvalue weighted by Gasteiger charge is 2.24. The maximum atomic E-state index is 13.0. The van der Waals surface area contributed by atoms with E-state index in [4.69, 9.17) is 31.1 Å². The van der Waals surface area contributed by atoms with Crippen LogP contribution in [0.2, 0.25) is 5.02 Å². The zero-order chi connectivity index (χ0) is 27.3. The number of hydrogen-bond acceptors (Lipinski definition) is 10. The number of thioether (sulfide) groups is 1. The van der Waals surface area contributed by atoms with E-state index in [1.807, 2.05) is 35.1 Å². The minimum Gasteiger partial charge on any atom is -0.493 e. The maximum absolute atomic E-state index is 13.0. The molecule has 0 saturated carbocycles. The van der Waals surface area contributed by atoms with Crippen molar-refractivity contribution in [2.75, 3.05) is 21.3 Å². The number of rotatable bonds is 10. The zero-order valence-corrected chi connectivity index (χ0v) is 23.6. The van der Waals surface area contributed by atoms with E-state index in [0.29, 0.717) is 48.5 Å². The van der Waals surface area contributed by atoms with E-state index in [1.165, 1.54) is 56.7 Å². The van der Waals surface area contributed by atoms with E-state index < -0.39 is 10.0 Å². The number of sulfonamides is 1. The van der Waals surface area contributed by atoms with Crippen LogP contribution in [0, 0.1) is 11.5 Å². The van der Waals surface area contributed by atoms with Gasteiger partial charge in [0.1, 0.15) is 14.9 Å². The highest BCUT2D eigenvalue weighted by molar-refractivity contribution is 7.99.